The summed E-state index contributed by atoms with van der Waals surface area (Å²) >= 11 is 3.51. The molecule has 0 radical (unpaired) electrons. The van der Waals surface area contributed by atoms with Gasteiger partial charge in [-0.1, -0.05) is 22.0 Å². The zero-order chi connectivity index (χ0) is 14.9. The number of nitrogens with zero attached hydrogens (tertiary/aromatic N) is 2. The van der Waals surface area contributed by atoms with Crippen LogP contribution in [-0.4, -0.2) is 24.0 Å². The van der Waals surface area contributed by atoms with Crippen molar-refractivity contribution in [2.45, 2.75) is 38.8 Å². The fraction of sp³-hybridized carbons (Fsp3) is 0.467. The van der Waals surface area contributed by atoms with E-state index >= 15 is 0 Å². The van der Waals surface area contributed by atoms with E-state index in [2.05, 4.69) is 27.3 Å². The van der Waals surface area contributed by atoms with Crippen LogP contribution in [0.2, 0.25) is 0 Å². The highest BCUT2D eigenvalue weighted by Gasteiger charge is 2.40. The number of aryl methyl sites for hydroxylation is 1. The van der Waals surface area contributed by atoms with E-state index in [0.717, 1.165) is 15.7 Å². The molecular formula is C15H18BrN3O. The summed E-state index contributed by atoms with van der Waals surface area (Å²) in [5.41, 5.74) is 1.67. The van der Waals surface area contributed by atoms with Crippen molar-refractivity contribution >= 4 is 27.5 Å². The number of benzene rings is 1. The van der Waals surface area contributed by atoms with Gasteiger partial charge < -0.3 is 10.2 Å². The normalized spacial score (nSPS) is 21.6. The number of piperazine rings is 1. The summed E-state index contributed by atoms with van der Waals surface area (Å²) in [5, 5.41) is 12.0. The highest BCUT2D eigenvalue weighted by atomic mass is 79.9. The average Bonchev–Trinajstić information content (AvgIpc) is 2.37. The molecule has 1 heterocycles. The average molecular weight is 336 g/mol. The maximum absolute atomic E-state index is 12.6. The maximum atomic E-state index is 12.6. The lowest BCUT2D eigenvalue weighted by Crippen LogP contribution is -2.65. The Bertz CT molecular complexity index is 577. The first kappa shape index (κ1) is 15.0. The van der Waals surface area contributed by atoms with Crippen LogP contribution >= 0.6 is 15.9 Å². The van der Waals surface area contributed by atoms with Crippen molar-refractivity contribution in [3.63, 3.8) is 0 Å². The third kappa shape index (κ3) is 2.72. The predicted molar refractivity (Wildman–Crippen MR) is 82.5 cm³/mol. The smallest absolute Gasteiger partial charge is 0.245 e. The Morgan fingerprint density at radius 3 is 2.85 bits per heavy atom. The first-order valence-corrected chi connectivity index (χ1v) is 7.36. The molecule has 1 aromatic rings. The van der Waals surface area contributed by atoms with E-state index in [1.165, 1.54) is 0 Å². The van der Waals surface area contributed by atoms with Gasteiger partial charge in [-0.05, 0) is 38.5 Å². The molecule has 2 rings (SSSR count). The van der Waals surface area contributed by atoms with Gasteiger partial charge >= 0.3 is 0 Å². The SMILES string of the molecule is Cc1ccc(N2C(=O)C(CC#N)NCC2(C)C)cc1Br. The molecule has 106 valence electrons. The lowest BCUT2D eigenvalue weighted by Gasteiger charge is -2.45. The van der Waals surface area contributed by atoms with Crippen LogP contribution in [-0.2, 0) is 4.79 Å². The molecule has 0 aromatic heterocycles. The highest BCUT2D eigenvalue weighted by Crippen LogP contribution is 2.31. The molecule has 20 heavy (non-hydrogen) atoms. The second-order valence-electron chi connectivity index (χ2n) is 5.72. The monoisotopic (exact) mass is 335 g/mol. The number of halogens is 1. The van der Waals surface area contributed by atoms with Crippen molar-refractivity contribution in [2.24, 2.45) is 0 Å². The molecule has 0 spiro atoms. The Hall–Kier alpha value is -1.38. The number of nitriles is 1. The fourth-order valence-electron chi connectivity index (χ4n) is 2.44. The molecule has 0 aliphatic carbocycles. The Kier molecular flexibility index (Phi) is 4.17. The van der Waals surface area contributed by atoms with Gasteiger partial charge in [0, 0.05) is 16.7 Å². The number of carbonyl (C=O) groups excluding carboxylic acids is 1. The van der Waals surface area contributed by atoms with Gasteiger partial charge in [-0.15, -0.1) is 0 Å². The molecule has 1 fully saturated rings. The third-order valence-electron chi connectivity index (χ3n) is 3.61. The number of rotatable bonds is 2. The van der Waals surface area contributed by atoms with Crippen molar-refractivity contribution in [2.75, 3.05) is 11.4 Å². The van der Waals surface area contributed by atoms with Crippen molar-refractivity contribution in [3.05, 3.63) is 28.2 Å². The van der Waals surface area contributed by atoms with Gasteiger partial charge in [0.1, 0.15) is 6.04 Å². The van der Waals surface area contributed by atoms with Gasteiger partial charge in [0.15, 0.2) is 0 Å². The molecule has 1 aromatic carbocycles. The van der Waals surface area contributed by atoms with Crippen molar-refractivity contribution in [1.82, 2.24) is 5.32 Å². The van der Waals surface area contributed by atoms with Crippen LogP contribution < -0.4 is 10.2 Å². The minimum absolute atomic E-state index is 0.0430. The largest absolute Gasteiger partial charge is 0.304 e. The van der Waals surface area contributed by atoms with Crippen LogP contribution in [0.4, 0.5) is 5.69 Å². The van der Waals surface area contributed by atoms with Crippen LogP contribution in [0.3, 0.4) is 0 Å². The Morgan fingerprint density at radius 1 is 1.55 bits per heavy atom. The van der Waals surface area contributed by atoms with E-state index in [-0.39, 0.29) is 17.9 Å². The molecule has 1 N–H and O–H groups in total. The Labute approximate surface area is 127 Å². The minimum atomic E-state index is -0.423. The predicted octanol–water partition coefficient (Wildman–Crippen LogP) is 2.75. The van der Waals surface area contributed by atoms with E-state index in [1.807, 2.05) is 39.0 Å². The number of amides is 1. The minimum Gasteiger partial charge on any atom is -0.304 e. The van der Waals surface area contributed by atoms with Gasteiger partial charge in [-0.3, -0.25) is 4.79 Å². The Morgan fingerprint density at radius 2 is 2.25 bits per heavy atom. The second-order valence-corrected chi connectivity index (χ2v) is 6.57. The zero-order valence-electron chi connectivity index (χ0n) is 11.9. The number of anilines is 1. The van der Waals surface area contributed by atoms with Crippen LogP contribution in [0.1, 0.15) is 25.8 Å². The number of hydrogen-bond donors (Lipinski definition) is 1. The molecule has 0 saturated carbocycles. The van der Waals surface area contributed by atoms with Gasteiger partial charge in [-0.2, -0.15) is 5.26 Å². The first-order valence-electron chi connectivity index (χ1n) is 6.57. The van der Waals surface area contributed by atoms with Crippen LogP contribution in [0, 0.1) is 18.3 Å². The molecule has 1 atom stereocenters. The Balaban J connectivity index is 2.41. The summed E-state index contributed by atoms with van der Waals surface area (Å²) < 4.78 is 0.981. The molecule has 4 nitrogen and oxygen atoms in total. The van der Waals surface area contributed by atoms with E-state index in [1.54, 1.807) is 4.90 Å². The van der Waals surface area contributed by atoms with E-state index in [9.17, 15) is 4.79 Å². The van der Waals surface area contributed by atoms with Gasteiger partial charge in [-0.25, -0.2) is 0 Å². The number of hydrogen-bond acceptors (Lipinski definition) is 3. The zero-order valence-corrected chi connectivity index (χ0v) is 13.5. The number of carbonyl (C=O) groups is 1. The molecule has 5 heteroatoms. The molecule has 1 unspecified atom stereocenters. The summed E-state index contributed by atoms with van der Waals surface area (Å²) in [6, 6.07) is 7.55. The van der Waals surface area contributed by atoms with E-state index in [4.69, 9.17) is 5.26 Å². The van der Waals surface area contributed by atoms with Gasteiger partial charge in [0.25, 0.3) is 0 Å². The molecule has 1 aliphatic rings. The summed E-state index contributed by atoms with van der Waals surface area (Å²) in [6.45, 7) is 6.72. The summed E-state index contributed by atoms with van der Waals surface area (Å²) in [5.74, 6) is -0.0430. The lowest BCUT2D eigenvalue weighted by atomic mass is 9.94. The van der Waals surface area contributed by atoms with Gasteiger partial charge in [0.05, 0.1) is 18.0 Å². The van der Waals surface area contributed by atoms with Crippen molar-refractivity contribution in [3.8, 4) is 6.07 Å². The highest BCUT2D eigenvalue weighted by molar-refractivity contribution is 9.10. The standard InChI is InChI=1S/C15H18BrN3O/c1-10-4-5-11(8-12(10)16)19-14(20)13(6-7-17)18-9-15(19,2)3/h4-5,8,13,18H,6,9H2,1-3H3. The summed E-state index contributed by atoms with van der Waals surface area (Å²) in [6.07, 6.45) is 0.193. The van der Waals surface area contributed by atoms with Crippen LogP contribution in [0.5, 0.6) is 0 Å². The molecule has 1 amide bonds. The topological polar surface area (TPSA) is 56.1 Å². The quantitative estimate of drug-likeness (QED) is 0.904. The summed E-state index contributed by atoms with van der Waals surface area (Å²) in [7, 11) is 0. The third-order valence-corrected chi connectivity index (χ3v) is 4.47. The van der Waals surface area contributed by atoms with Crippen LogP contribution in [0.25, 0.3) is 0 Å². The summed E-state index contributed by atoms with van der Waals surface area (Å²) in [4.78, 5) is 14.4. The van der Waals surface area contributed by atoms with Crippen LogP contribution in [0.15, 0.2) is 22.7 Å². The maximum Gasteiger partial charge on any atom is 0.245 e. The second kappa shape index (κ2) is 5.55. The number of nitrogens with one attached hydrogen (secondary N) is 1. The van der Waals surface area contributed by atoms with E-state index in [0.29, 0.717) is 6.54 Å². The van der Waals surface area contributed by atoms with E-state index < -0.39 is 6.04 Å². The fourth-order valence-corrected chi connectivity index (χ4v) is 2.81. The van der Waals surface area contributed by atoms with Gasteiger partial charge in [0.2, 0.25) is 5.91 Å². The molecule has 0 bridgehead atoms. The lowest BCUT2D eigenvalue weighted by molar-refractivity contribution is -0.123. The molecule has 1 aliphatic heterocycles. The van der Waals surface area contributed by atoms with Crippen molar-refractivity contribution < 1.29 is 4.79 Å². The van der Waals surface area contributed by atoms with Crippen molar-refractivity contribution in [1.29, 1.82) is 5.26 Å². The molecular weight excluding hydrogens is 318 g/mol. The molecule has 1 saturated heterocycles. The first-order chi connectivity index (χ1) is 9.36.